The lowest BCUT2D eigenvalue weighted by Gasteiger charge is -1.98. The van der Waals surface area contributed by atoms with Gasteiger partial charge in [-0.3, -0.25) is 4.79 Å². The van der Waals surface area contributed by atoms with Crippen LogP contribution in [0, 0.1) is 11.3 Å². The second-order valence-electron chi connectivity index (χ2n) is 3.02. The Labute approximate surface area is 85.8 Å². The number of rotatable bonds is 1. The van der Waals surface area contributed by atoms with Gasteiger partial charge in [0.1, 0.15) is 0 Å². The van der Waals surface area contributed by atoms with Crippen LogP contribution in [0.4, 0.5) is 0 Å². The molecule has 0 saturated carbocycles. The number of aromatic nitrogens is 2. The Morgan fingerprint density at radius 2 is 1.93 bits per heavy atom. The number of nitrogens with one attached hydrogen (secondary N) is 1. The molecule has 2 aromatic rings. The van der Waals surface area contributed by atoms with Crippen molar-refractivity contribution in [2.24, 2.45) is 0 Å². The van der Waals surface area contributed by atoms with Crippen molar-refractivity contribution in [3.05, 3.63) is 52.4 Å². The molecule has 0 spiro atoms. The van der Waals surface area contributed by atoms with Crippen molar-refractivity contribution in [2.75, 3.05) is 0 Å². The summed E-state index contributed by atoms with van der Waals surface area (Å²) in [6.07, 6.45) is 1.57. The maximum absolute atomic E-state index is 11.0. The summed E-state index contributed by atoms with van der Waals surface area (Å²) < 4.78 is 0. The first-order chi connectivity index (χ1) is 7.29. The molecule has 0 amide bonds. The molecular weight excluding hydrogens is 190 g/mol. The quantitative estimate of drug-likeness (QED) is 0.749. The summed E-state index contributed by atoms with van der Waals surface area (Å²) in [4.78, 5) is 11.0. The van der Waals surface area contributed by atoms with Crippen LogP contribution in [-0.4, -0.2) is 10.2 Å². The molecule has 0 atom stereocenters. The third kappa shape index (κ3) is 1.92. The highest BCUT2D eigenvalue weighted by atomic mass is 16.1. The topological polar surface area (TPSA) is 69.5 Å². The molecule has 0 aliphatic rings. The Morgan fingerprint density at radius 1 is 1.20 bits per heavy atom. The average molecular weight is 197 g/mol. The SMILES string of the molecule is N#Cc1ccc(-c2cn[nH]c(=O)c2)cc1. The van der Waals surface area contributed by atoms with E-state index in [0.29, 0.717) is 5.56 Å². The Bertz CT molecular complexity index is 563. The summed E-state index contributed by atoms with van der Waals surface area (Å²) in [7, 11) is 0. The molecule has 15 heavy (non-hydrogen) atoms. The predicted molar refractivity (Wildman–Crippen MR) is 55.0 cm³/mol. The first-order valence-electron chi connectivity index (χ1n) is 4.35. The zero-order chi connectivity index (χ0) is 10.7. The molecular formula is C11H7N3O. The Hall–Kier alpha value is -2.41. The van der Waals surface area contributed by atoms with Crippen molar-refractivity contribution < 1.29 is 0 Å². The highest BCUT2D eigenvalue weighted by Gasteiger charge is 1.98. The standard InChI is InChI=1S/C11H7N3O/c12-6-8-1-3-9(4-2-8)10-5-11(15)14-13-7-10/h1-5,7H,(H,14,15). The van der Waals surface area contributed by atoms with Crippen LogP contribution in [0.1, 0.15) is 5.56 Å². The van der Waals surface area contributed by atoms with Crippen molar-refractivity contribution in [3.63, 3.8) is 0 Å². The maximum atomic E-state index is 11.0. The van der Waals surface area contributed by atoms with Crippen LogP contribution in [0.5, 0.6) is 0 Å². The number of aromatic amines is 1. The van der Waals surface area contributed by atoms with E-state index in [-0.39, 0.29) is 5.56 Å². The molecule has 1 N–H and O–H groups in total. The van der Waals surface area contributed by atoms with Gasteiger partial charge < -0.3 is 0 Å². The number of nitrogens with zero attached hydrogens (tertiary/aromatic N) is 2. The van der Waals surface area contributed by atoms with Crippen LogP contribution >= 0.6 is 0 Å². The highest BCUT2D eigenvalue weighted by Crippen LogP contribution is 2.16. The molecule has 0 aliphatic carbocycles. The van der Waals surface area contributed by atoms with E-state index in [0.717, 1.165) is 11.1 Å². The summed E-state index contributed by atoms with van der Waals surface area (Å²) >= 11 is 0. The van der Waals surface area contributed by atoms with Crippen LogP contribution in [0.3, 0.4) is 0 Å². The molecule has 0 bridgehead atoms. The molecule has 0 saturated heterocycles. The van der Waals surface area contributed by atoms with Gasteiger partial charge in [-0.05, 0) is 17.7 Å². The van der Waals surface area contributed by atoms with Gasteiger partial charge in [0.05, 0.1) is 17.8 Å². The van der Waals surface area contributed by atoms with Crippen LogP contribution in [0.2, 0.25) is 0 Å². The summed E-state index contributed by atoms with van der Waals surface area (Å²) in [5.41, 5.74) is 1.96. The van der Waals surface area contributed by atoms with E-state index >= 15 is 0 Å². The normalized spacial score (nSPS) is 9.53. The minimum atomic E-state index is -0.239. The molecule has 0 aliphatic heterocycles. The fourth-order valence-corrected chi connectivity index (χ4v) is 1.27. The van der Waals surface area contributed by atoms with Gasteiger partial charge in [0.25, 0.3) is 5.56 Å². The van der Waals surface area contributed by atoms with Crippen LogP contribution in [-0.2, 0) is 0 Å². The Kier molecular flexibility index (Phi) is 2.30. The van der Waals surface area contributed by atoms with Crippen molar-refractivity contribution in [1.29, 1.82) is 5.26 Å². The highest BCUT2D eigenvalue weighted by molar-refractivity contribution is 5.62. The van der Waals surface area contributed by atoms with Crippen molar-refractivity contribution in [2.45, 2.75) is 0 Å². The van der Waals surface area contributed by atoms with E-state index in [2.05, 4.69) is 10.2 Å². The van der Waals surface area contributed by atoms with Crippen molar-refractivity contribution >= 4 is 0 Å². The van der Waals surface area contributed by atoms with E-state index in [1.165, 1.54) is 6.07 Å². The lowest BCUT2D eigenvalue weighted by Crippen LogP contribution is -2.05. The Balaban J connectivity index is 2.47. The van der Waals surface area contributed by atoms with Gasteiger partial charge in [0, 0.05) is 11.6 Å². The minimum Gasteiger partial charge on any atom is -0.268 e. The first-order valence-corrected chi connectivity index (χ1v) is 4.35. The molecule has 0 fully saturated rings. The molecule has 2 rings (SSSR count). The van der Waals surface area contributed by atoms with E-state index in [9.17, 15) is 4.79 Å². The minimum absolute atomic E-state index is 0.239. The van der Waals surface area contributed by atoms with Gasteiger partial charge in [-0.15, -0.1) is 0 Å². The van der Waals surface area contributed by atoms with Gasteiger partial charge in [-0.25, -0.2) is 5.10 Å². The molecule has 1 heterocycles. The smallest absolute Gasteiger partial charge is 0.264 e. The molecule has 0 radical (unpaired) electrons. The van der Waals surface area contributed by atoms with Crippen LogP contribution in [0.15, 0.2) is 41.3 Å². The van der Waals surface area contributed by atoms with Crippen LogP contribution in [0.25, 0.3) is 11.1 Å². The van der Waals surface area contributed by atoms with Gasteiger partial charge >= 0.3 is 0 Å². The third-order valence-electron chi connectivity index (χ3n) is 2.01. The van der Waals surface area contributed by atoms with E-state index in [4.69, 9.17) is 5.26 Å². The van der Waals surface area contributed by atoms with Crippen molar-refractivity contribution in [1.82, 2.24) is 10.2 Å². The van der Waals surface area contributed by atoms with Gasteiger partial charge in [0.2, 0.25) is 0 Å². The molecule has 72 valence electrons. The fraction of sp³-hybridized carbons (Fsp3) is 0. The third-order valence-corrected chi connectivity index (χ3v) is 2.01. The molecule has 4 nitrogen and oxygen atoms in total. The summed E-state index contributed by atoms with van der Waals surface area (Å²) in [5.74, 6) is 0. The number of benzene rings is 1. The van der Waals surface area contributed by atoms with E-state index < -0.39 is 0 Å². The second-order valence-corrected chi connectivity index (χ2v) is 3.02. The first kappa shape index (κ1) is 9.16. The molecule has 1 aromatic heterocycles. The summed E-state index contributed by atoms with van der Waals surface area (Å²) in [5, 5.41) is 14.6. The van der Waals surface area contributed by atoms with Gasteiger partial charge in [-0.2, -0.15) is 10.4 Å². The predicted octanol–water partition coefficient (Wildman–Crippen LogP) is 1.31. The second kappa shape index (κ2) is 3.76. The zero-order valence-corrected chi connectivity index (χ0v) is 7.77. The van der Waals surface area contributed by atoms with Crippen LogP contribution < -0.4 is 5.56 Å². The van der Waals surface area contributed by atoms with Crippen molar-refractivity contribution in [3.8, 4) is 17.2 Å². The molecule has 1 aromatic carbocycles. The van der Waals surface area contributed by atoms with E-state index in [1.807, 2.05) is 6.07 Å². The summed E-state index contributed by atoms with van der Waals surface area (Å²) in [6.45, 7) is 0. The average Bonchev–Trinajstić information content (AvgIpc) is 2.29. The number of hydrogen-bond donors (Lipinski definition) is 1. The molecule has 4 heteroatoms. The monoisotopic (exact) mass is 197 g/mol. The number of H-pyrrole nitrogens is 1. The lowest BCUT2D eigenvalue weighted by molar-refractivity contribution is 0.991. The number of nitriles is 1. The maximum Gasteiger partial charge on any atom is 0.264 e. The van der Waals surface area contributed by atoms with Gasteiger partial charge in [-0.1, -0.05) is 12.1 Å². The largest absolute Gasteiger partial charge is 0.268 e. The summed E-state index contributed by atoms with van der Waals surface area (Å²) in [6, 6.07) is 10.5. The lowest BCUT2D eigenvalue weighted by atomic mass is 10.1. The number of hydrogen-bond acceptors (Lipinski definition) is 3. The van der Waals surface area contributed by atoms with Gasteiger partial charge in [0.15, 0.2) is 0 Å². The molecule has 0 unspecified atom stereocenters. The van der Waals surface area contributed by atoms with E-state index in [1.54, 1.807) is 30.5 Å². The zero-order valence-electron chi connectivity index (χ0n) is 7.77. The Morgan fingerprint density at radius 3 is 2.53 bits per heavy atom. The fourth-order valence-electron chi connectivity index (χ4n) is 1.27.